The summed E-state index contributed by atoms with van der Waals surface area (Å²) >= 11 is 0. The maximum absolute atomic E-state index is 12.8. The molecule has 0 fully saturated rings. The van der Waals surface area contributed by atoms with Crippen LogP contribution in [0.2, 0.25) is 6.55 Å². The maximum atomic E-state index is 12.8. The first-order chi connectivity index (χ1) is 10.1. The molecule has 1 aromatic rings. The fourth-order valence-electron chi connectivity index (χ4n) is 1.79. The van der Waals surface area contributed by atoms with Gasteiger partial charge in [0, 0.05) is 13.2 Å². The molecular formula is C13H17F5O3Si. The SMILES string of the molecule is CCO[Si](C)(OCC)c1ccc(OC(F)(F)C(F)(F)F)cc1. The molecule has 0 radical (unpaired) electrons. The van der Waals surface area contributed by atoms with E-state index in [-0.39, 0.29) is 0 Å². The standard InChI is InChI=1S/C13H17F5O3Si/c1-4-19-22(3,20-5-2)11-8-6-10(7-9-11)21-13(17,18)12(14,15)16/h6-9H,4-5H2,1-3H3. The van der Waals surface area contributed by atoms with Gasteiger partial charge in [0.2, 0.25) is 0 Å². The predicted molar refractivity (Wildman–Crippen MR) is 72.6 cm³/mol. The van der Waals surface area contributed by atoms with Gasteiger partial charge in [0.05, 0.1) is 0 Å². The average Bonchev–Trinajstić information content (AvgIpc) is 2.38. The summed E-state index contributed by atoms with van der Waals surface area (Å²) in [5.74, 6) is -0.588. The quantitative estimate of drug-likeness (QED) is 0.559. The van der Waals surface area contributed by atoms with E-state index in [9.17, 15) is 22.0 Å². The molecule has 1 rings (SSSR count). The summed E-state index contributed by atoms with van der Waals surface area (Å²) in [5.41, 5.74) is 0. The van der Waals surface area contributed by atoms with Crippen LogP contribution in [0.5, 0.6) is 5.75 Å². The van der Waals surface area contributed by atoms with Gasteiger partial charge in [-0.2, -0.15) is 22.0 Å². The Bertz CT molecular complexity index is 470. The van der Waals surface area contributed by atoms with E-state index in [1.54, 1.807) is 20.4 Å². The van der Waals surface area contributed by atoms with Gasteiger partial charge < -0.3 is 13.6 Å². The summed E-state index contributed by atoms with van der Waals surface area (Å²) in [4.78, 5) is 0. The molecule has 22 heavy (non-hydrogen) atoms. The van der Waals surface area contributed by atoms with E-state index in [1.165, 1.54) is 12.1 Å². The van der Waals surface area contributed by atoms with Crippen molar-refractivity contribution in [3.8, 4) is 5.75 Å². The first-order valence-electron chi connectivity index (χ1n) is 6.57. The smallest absolute Gasteiger partial charge is 0.426 e. The zero-order valence-corrected chi connectivity index (χ0v) is 13.3. The van der Waals surface area contributed by atoms with E-state index in [0.717, 1.165) is 12.1 Å². The van der Waals surface area contributed by atoms with Gasteiger partial charge in [-0.25, -0.2) is 0 Å². The number of hydrogen-bond acceptors (Lipinski definition) is 3. The summed E-state index contributed by atoms with van der Waals surface area (Å²) in [6, 6.07) is 4.83. The van der Waals surface area contributed by atoms with Crippen LogP contribution in [0.1, 0.15) is 13.8 Å². The molecule has 0 unspecified atom stereocenters. The molecule has 0 aromatic heterocycles. The minimum absolute atomic E-state index is 0.396. The van der Waals surface area contributed by atoms with Crippen molar-refractivity contribution in [1.29, 1.82) is 0 Å². The molecule has 0 heterocycles. The van der Waals surface area contributed by atoms with Crippen LogP contribution in [0.4, 0.5) is 22.0 Å². The lowest BCUT2D eigenvalue weighted by Gasteiger charge is -2.26. The van der Waals surface area contributed by atoms with Gasteiger partial charge in [-0.3, -0.25) is 0 Å². The second-order valence-corrected chi connectivity index (χ2v) is 7.50. The molecule has 0 spiro atoms. The first-order valence-corrected chi connectivity index (χ1v) is 8.89. The molecule has 0 atom stereocenters. The lowest BCUT2D eigenvalue weighted by atomic mass is 10.3. The van der Waals surface area contributed by atoms with Crippen LogP contribution in [-0.2, 0) is 8.85 Å². The topological polar surface area (TPSA) is 27.7 Å². The minimum atomic E-state index is -5.77. The Morgan fingerprint density at radius 3 is 1.73 bits per heavy atom. The van der Waals surface area contributed by atoms with E-state index in [2.05, 4.69) is 4.74 Å². The highest BCUT2D eigenvalue weighted by atomic mass is 28.4. The molecule has 9 heteroatoms. The van der Waals surface area contributed by atoms with Gasteiger partial charge in [0.1, 0.15) is 5.75 Å². The molecule has 0 N–H and O–H groups in total. The number of halogens is 5. The van der Waals surface area contributed by atoms with Crippen molar-refractivity contribution in [2.75, 3.05) is 13.2 Å². The van der Waals surface area contributed by atoms with Crippen LogP contribution in [-0.4, -0.2) is 34.1 Å². The van der Waals surface area contributed by atoms with Gasteiger partial charge in [-0.05, 0) is 37.7 Å². The third-order valence-electron chi connectivity index (χ3n) is 2.79. The Labute approximate surface area is 126 Å². The van der Waals surface area contributed by atoms with Gasteiger partial charge in [-0.15, -0.1) is 0 Å². The van der Waals surface area contributed by atoms with Crippen LogP contribution < -0.4 is 9.92 Å². The number of rotatable bonds is 7. The van der Waals surface area contributed by atoms with Gasteiger partial charge >= 0.3 is 20.8 Å². The molecule has 126 valence electrons. The molecule has 0 amide bonds. The number of alkyl halides is 5. The van der Waals surface area contributed by atoms with E-state index in [0.29, 0.717) is 18.4 Å². The minimum Gasteiger partial charge on any atom is -0.426 e. The van der Waals surface area contributed by atoms with E-state index in [4.69, 9.17) is 8.85 Å². The zero-order chi connectivity index (χ0) is 17.0. The van der Waals surface area contributed by atoms with Gasteiger partial charge in [-0.1, -0.05) is 12.1 Å². The van der Waals surface area contributed by atoms with Crippen molar-refractivity contribution in [3.05, 3.63) is 24.3 Å². The van der Waals surface area contributed by atoms with Crippen LogP contribution in [0.15, 0.2) is 24.3 Å². The summed E-state index contributed by atoms with van der Waals surface area (Å²) in [6.45, 7) is 6.12. The van der Waals surface area contributed by atoms with Gasteiger partial charge in [0.15, 0.2) is 0 Å². The molecule has 0 aliphatic carbocycles. The fourth-order valence-corrected chi connectivity index (χ4v) is 4.08. The van der Waals surface area contributed by atoms with Crippen LogP contribution in [0.25, 0.3) is 0 Å². The highest BCUT2D eigenvalue weighted by molar-refractivity contribution is 6.79. The zero-order valence-electron chi connectivity index (χ0n) is 12.3. The second kappa shape index (κ2) is 6.92. The Balaban J connectivity index is 2.95. The molecule has 0 saturated heterocycles. The monoisotopic (exact) mass is 344 g/mol. The normalized spacial score (nSPS) is 13.3. The van der Waals surface area contributed by atoms with Crippen LogP contribution in [0, 0.1) is 0 Å². The van der Waals surface area contributed by atoms with E-state index >= 15 is 0 Å². The summed E-state index contributed by atoms with van der Waals surface area (Å²) in [6.07, 6.45) is -11.0. The summed E-state index contributed by atoms with van der Waals surface area (Å²) in [7, 11) is -2.71. The second-order valence-electron chi connectivity index (χ2n) is 4.45. The maximum Gasteiger partial charge on any atom is 0.499 e. The fraction of sp³-hybridized carbons (Fsp3) is 0.538. The van der Waals surface area contributed by atoms with Crippen molar-refractivity contribution >= 4 is 13.7 Å². The van der Waals surface area contributed by atoms with Crippen LogP contribution >= 0.6 is 0 Å². The van der Waals surface area contributed by atoms with Crippen LogP contribution in [0.3, 0.4) is 0 Å². The van der Waals surface area contributed by atoms with Crippen molar-refractivity contribution in [3.63, 3.8) is 0 Å². The lowest BCUT2D eigenvalue weighted by molar-refractivity contribution is -0.360. The highest BCUT2D eigenvalue weighted by Crippen LogP contribution is 2.37. The third-order valence-corrected chi connectivity index (χ3v) is 5.86. The van der Waals surface area contributed by atoms with E-state index < -0.39 is 26.6 Å². The Kier molecular flexibility index (Phi) is 5.93. The molecule has 3 nitrogen and oxygen atoms in total. The molecule has 0 aliphatic rings. The Morgan fingerprint density at radius 1 is 0.909 bits per heavy atom. The van der Waals surface area contributed by atoms with Crippen molar-refractivity contribution in [2.45, 2.75) is 32.7 Å². The van der Waals surface area contributed by atoms with E-state index in [1.807, 2.05) is 0 Å². The molecular weight excluding hydrogens is 327 g/mol. The summed E-state index contributed by atoms with van der Waals surface area (Å²) < 4.78 is 76.8. The van der Waals surface area contributed by atoms with Crippen molar-refractivity contribution < 1.29 is 35.5 Å². The van der Waals surface area contributed by atoms with Crippen molar-refractivity contribution in [1.82, 2.24) is 0 Å². The van der Waals surface area contributed by atoms with Crippen molar-refractivity contribution in [2.24, 2.45) is 0 Å². The summed E-state index contributed by atoms with van der Waals surface area (Å²) in [5, 5.41) is 0.610. The Hall–Kier alpha value is -1.19. The number of benzene rings is 1. The highest BCUT2D eigenvalue weighted by Gasteiger charge is 2.61. The molecule has 0 bridgehead atoms. The molecule has 0 saturated carbocycles. The average molecular weight is 344 g/mol. The number of hydrogen-bond donors (Lipinski definition) is 0. The first kappa shape index (κ1) is 18.9. The predicted octanol–water partition coefficient (Wildman–Crippen LogP) is 3.57. The largest absolute Gasteiger partial charge is 0.499 e. The molecule has 1 aromatic carbocycles. The molecule has 0 aliphatic heterocycles. The number of ether oxygens (including phenoxy) is 1. The lowest BCUT2D eigenvalue weighted by Crippen LogP contribution is -2.51. The Morgan fingerprint density at radius 2 is 1.36 bits per heavy atom. The third kappa shape index (κ3) is 4.40. The van der Waals surface area contributed by atoms with Gasteiger partial charge in [0.25, 0.3) is 0 Å².